The molecule has 31 heavy (non-hydrogen) atoms. The van der Waals surface area contributed by atoms with E-state index in [1.807, 2.05) is 0 Å². The zero-order chi connectivity index (χ0) is 22.6. The van der Waals surface area contributed by atoms with Gasteiger partial charge in [0.1, 0.15) is 5.60 Å². The maximum Gasteiger partial charge on any atom is 0.303 e. The number of rotatable bonds is 5. The summed E-state index contributed by atoms with van der Waals surface area (Å²) in [5.41, 5.74) is 0.504. The van der Waals surface area contributed by atoms with Crippen molar-refractivity contribution in [2.45, 2.75) is 111 Å². The van der Waals surface area contributed by atoms with Gasteiger partial charge in [-0.1, -0.05) is 20.8 Å². The average Bonchev–Trinajstić information content (AvgIpc) is 3.03. The van der Waals surface area contributed by atoms with Crippen molar-refractivity contribution in [3.05, 3.63) is 0 Å². The third-order valence-corrected chi connectivity index (χ3v) is 10.9. The van der Waals surface area contributed by atoms with Gasteiger partial charge in [-0.05, 0) is 117 Å². The van der Waals surface area contributed by atoms with Crippen LogP contribution in [0, 0.1) is 46.3 Å². The van der Waals surface area contributed by atoms with Gasteiger partial charge in [-0.2, -0.15) is 0 Å². The molecule has 4 heteroatoms. The van der Waals surface area contributed by atoms with Crippen molar-refractivity contribution >= 4 is 11.9 Å². The van der Waals surface area contributed by atoms with E-state index in [0.717, 1.165) is 37.0 Å². The summed E-state index contributed by atoms with van der Waals surface area (Å²) in [7, 11) is 0. The molecule has 1 N–H and O–H groups in total. The van der Waals surface area contributed by atoms with Crippen LogP contribution in [0.4, 0.5) is 0 Å². The summed E-state index contributed by atoms with van der Waals surface area (Å²) in [5.74, 6) is 3.51. The highest BCUT2D eigenvalue weighted by Crippen LogP contribution is 2.69. The first-order chi connectivity index (χ1) is 14.5. The zero-order valence-corrected chi connectivity index (χ0v) is 20.4. The highest BCUT2D eigenvalue weighted by molar-refractivity contribution is 5.66. The molecule has 4 saturated carbocycles. The van der Waals surface area contributed by atoms with Crippen LogP contribution in [0.25, 0.3) is 0 Å². The number of fused-ring (bicyclic) bond motifs is 5. The molecule has 0 saturated heterocycles. The minimum Gasteiger partial charge on any atom is -0.481 e. The zero-order valence-electron chi connectivity index (χ0n) is 20.4. The molecule has 0 heterocycles. The minimum absolute atomic E-state index is 0.137. The fraction of sp³-hybridized carbons (Fsp3) is 0.926. The highest BCUT2D eigenvalue weighted by Gasteiger charge is 2.61. The van der Waals surface area contributed by atoms with Crippen molar-refractivity contribution < 1.29 is 19.4 Å². The Balaban J connectivity index is 1.49. The van der Waals surface area contributed by atoms with E-state index >= 15 is 0 Å². The number of carboxylic acid groups (broad SMARTS) is 1. The number of esters is 1. The molecule has 0 unspecified atom stereocenters. The van der Waals surface area contributed by atoms with Gasteiger partial charge in [0.2, 0.25) is 0 Å². The molecule has 0 aromatic rings. The van der Waals surface area contributed by atoms with Gasteiger partial charge in [0, 0.05) is 13.3 Å². The number of aliphatic carboxylic acids is 1. The highest BCUT2D eigenvalue weighted by atomic mass is 16.6. The van der Waals surface area contributed by atoms with Gasteiger partial charge in [0.25, 0.3) is 0 Å². The van der Waals surface area contributed by atoms with E-state index in [9.17, 15) is 9.59 Å². The number of carbonyl (C=O) groups excluding carboxylic acids is 1. The summed E-state index contributed by atoms with van der Waals surface area (Å²) in [5, 5.41) is 9.15. The molecule has 0 radical (unpaired) electrons. The molecule has 4 fully saturated rings. The van der Waals surface area contributed by atoms with Crippen LogP contribution in [0.2, 0.25) is 0 Å². The average molecular weight is 433 g/mol. The van der Waals surface area contributed by atoms with Crippen LogP contribution >= 0.6 is 0 Å². The van der Waals surface area contributed by atoms with Gasteiger partial charge in [-0.15, -0.1) is 0 Å². The molecule has 4 aliphatic rings. The van der Waals surface area contributed by atoms with Crippen molar-refractivity contribution in [3.8, 4) is 0 Å². The lowest BCUT2D eigenvalue weighted by molar-refractivity contribution is -0.179. The Morgan fingerprint density at radius 3 is 2.35 bits per heavy atom. The molecule has 4 nitrogen and oxygen atoms in total. The lowest BCUT2D eigenvalue weighted by Gasteiger charge is -2.62. The number of hydrogen-bond donors (Lipinski definition) is 1. The molecule has 176 valence electrons. The third kappa shape index (κ3) is 3.95. The normalized spacial score (nSPS) is 47.6. The van der Waals surface area contributed by atoms with Crippen LogP contribution in [-0.2, 0) is 14.3 Å². The smallest absolute Gasteiger partial charge is 0.303 e. The Labute approximate surface area is 188 Å². The van der Waals surface area contributed by atoms with E-state index in [-0.39, 0.29) is 11.6 Å². The van der Waals surface area contributed by atoms with Gasteiger partial charge >= 0.3 is 11.9 Å². The first kappa shape index (κ1) is 23.1. The minimum atomic E-state index is -0.653. The maximum atomic E-state index is 11.7. The second kappa shape index (κ2) is 8.06. The summed E-state index contributed by atoms with van der Waals surface area (Å²) < 4.78 is 5.79. The standard InChI is InChI=1S/C27H44O4/c1-17(6-11-24(29)30)21-9-10-22-20-8-7-19-16-25(3,31-18(2)28)14-15-26(19,4)23(20)12-13-27(21,22)5/h17,19-23H,6-16H2,1-5H3,(H,29,30)/t17-,19-,20+,21-,22+,23+,25+,26+,27-/m1/s1. The largest absolute Gasteiger partial charge is 0.481 e. The lowest BCUT2D eigenvalue weighted by atomic mass is 9.43. The van der Waals surface area contributed by atoms with E-state index < -0.39 is 5.97 Å². The van der Waals surface area contributed by atoms with Crippen molar-refractivity contribution in [2.24, 2.45) is 46.3 Å². The van der Waals surface area contributed by atoms with E-state index in [2.05, 4.69) is 27.7 Å². The maximum absolute atomic E-state index is 11.7. The predicted octanol–water partition coefficient (Wildman–Crippen LogP) is 6.47. The van der Waals surface area contributed by atoms with Gasteiger partial charge < -0.3 is 9.84 Å². The van der Waals surface area contributed by atoms with Crippen LogP contribution in [0.5, 0.6) is 0 Å². The number of carboxylic acids is 1. The van der Waals surface area contributed by atoms with Gasteiger partial charge in [-0.3, -0.25) is 9.59 Å². The Bertz CT molecular complexity index is 718. The molecule has 4 aliphatic carbocycles. The topological polar surface area (TPSA) is 63.6 Å². The summed E-state index contributed by atoms with van der Waals surface area (Å²) in [6.07, 6.45) is 12.2. The number of hydrogen-bond acceptors (Lipinski definition) is 3. The fourth-order valence-corrected chi connectivity index (χ4v) is 9.38. The molecular formula is C27H44O4. The van der Waals surface area contributed by atoms with Crippen molar-refractivity contribution in [2.75, 3.05) is 0 Å². The molecular weight excluding hydrogens is 388 g/mol. The van der Waals surface area contributed by atoms with Gasteiger partial charge in [0.15, 0.2) is 0 Å². The van der Waals surface area contributed by atoms with Crippen LogP contribution in [0.3, 0.4) is 0 Å². The van der Waals surface area contributed by atoms with Crippen molar-refractivity contribution in [1.29, 1.82) is 0 Å². The van der Waals surface area contributed by atoms with E-state index in [4.69, 9.17) is 9.84 Å². The van der Waals surface area contributed by atoms with Gasteiger partial charge in [0.05, 0.1) is 0 Å². The van der Waals surface area contributed by atoms with Crippen LogP contribution in [0.15, 0.2) is 0 Å². The summed E-state index contributed by atoms with van der Waals surface area (Å²) >= 11 is 0. The second-order valence-corrected chi connectivity index (χ2v) is 12.5. The lowest BCUT2D eigenvalue weighted by Crippen LogP contribution is -2.56. The third-order valence-electron chi connectivity index (χ3n) is 10.9. The monoisotopic (exact) mass is 432 g/mol. The van der Waals surface area contributed by atoms with Crippen LogP contribution in [-0.4, -0.2) is 22.6 Å². The molecule has 0 amide bonds. The first-order valence-corrected chi connectivity index (χ1v) is 12.9. The number of carbonyl (C=O) groups is 2. The summed E-state index contributed by atoms with van der Waals surface area (Å²) in [4.78, 5) is 22.8. The first-order valence-electron chi connectivity index (χ1n) is 12.9. The van der Waals surface area contributed by atoms with E-state index in [1.165, 1.54) is 44.9 Å². The second-order valence-electron chi connectivity index (χ2n) is 12.5. The molecule has 0 aromatic carbocycles. The fourth-order valence-electron chi connectivity index (χ4n) is 9.38. The molecule has 0 aromatic heterocycles. The van der Waals surface area contributed by atoms with Crippen LogP contribution < -0.4 is 0 Å². The SMILES string of the molecule is CC(=O)O[C@@]1(C)CC[C@@]2(C)[C@H](CC[C@@H]3[C@@H]2CC[C@]2(C)[C@@H]([C@H](C)CCC(=O)O)CC[C@@H]32)C1. The molecule has 0 spiro atoms. The molecule has 9 atom stereocenters. The van der Waals surface area contributed by atoms with Crippen molar-refractivity contribution in [3.63, 3.8) is 0 Å². The molecule has 4 rings (SSSR count). The molecule has 0 bridgehead atoms. The van der Waals surface area contributed by atoms with Gasteiger partial charge in [-0.25, -0.2) is 0 Å². The number of ether oxygens (including phenoxy) is 1. The Hall–Kier alpha value is -1.06. The van der Waals surface area contributed by atoms with Crippen molar-refractivity contribution in [1.82, 2.24) is 0 Å². The van der Waals surface area contributed by atoms with E-state index in [1.54, 1.807) is 6.92 Å². The van der Waals surface area contributed by atoms with Crippen LogP contribution in [0.1, 0.15) is 105 Å². The summed E-state index contributed by atoms with van der Waals surface area (Å²) in [6.45, 7) is 11.1. The predicted molar refractivity (Wildman–Crippen MR) is 121 cm³/mol. The Morgan fingerprint density at radius 1 is 0.968 bits per heavy atom. The summed E-state index contributed by atoms with van der Waals surface area (Å²) in [6, 6.07) is 0. The quantitative estimate of drug-likeness (QED) is 0.506. The Kier molecular flexibility index (Phi) is 6.01. The Morgan fingerprint density at radius 2 is 1.68 bits per heavy atom. The molecule has 0 aliphatic heterocycles. The van der Waals surface area contributed by atoms with E-state index in [0.29, 0.717) is 35.0 Å².